The van der Waals surface area contributed by atoms with Gasteiger partial charge in [0, 0.05) is 38.7 Å². The Morgan fingerprint density at radius 2 is 2.00 bits per heavy atom. The van der Waals surface area contributed by atoms with Crippen LogP contribution in [0, 0.1) is 0 Å². The van der Waals surface area contributed by atoms with Crippen molar-refractivity contribution in [2.75, 3.05) is 30.8 Å². The lowest BCUT2D eigenvalue weighted by atomic mass is 10.1. The van der Waals surface area contributed by atoms with Crippen LogP contribution >= 0.6 is 0 Å². The van der Waals surface area contributed by atoms with Gasteiger partial charge in [-0.1, -0.05) is 12.1 Å². The van der Waals surface area contributed by atoms with E-state index in [-0.39, 0.29) is 11.8 Å². The van der Waals surface area contributed by atoms with Gasteiger partial charge in [0.15, 0.2) is 5.58 Å². The van der Waals surface area contributed by atoms with E-state index < -0.39 is 5.76 Å². The molecule has 0 unspecified atom stereocenters. The summed E-state index contributed by atoms with van der Waals surface area (Å²) in [5, 5.41) is 5.97. The number of para-hydroxylation sites is 2. The lowest BCUT2D eigenvalue weighted by Crippen LogP contribution is -2.31. The maximum absolute atomic E-state index is 12.8. The molecule has 0 aliphatic carbocycles. The molecule has 2 aromatic carbocycles. The van der Waals surface area contributed by atoms with Crippen molar-refractivity contribution in [1.29, 1.82) is 0 Å². The predicted octanol–water partition coefficient (Wildman–Crippen LogP) is 2.12. The van der Waals surface area contributed by atoms with Gasteiger partial charge in [0.05, 0.1) is 16.9 Å². The van der Waals surface area contributed by atoms with Gasteiger partial charge in [-0.15, -0.1) is 0 Å². The molecule has 0 saturated carbocycles. The Morgan fingerprint density at radius 1 is 1.18 bits per heavy atom. The minimum atomic E-state index is -0.438. The Kier molecular flexibility index (Phi) is 4.60. The highest BCUT2D eigenvalue weighted by Crippen LogP contribution is 2.26. The number of benzene rings is 2. The Labute approximate surface area is 160 Å². The first kappa shape index (κ1) is 17.8. The molecule has 8 nitrogen and oxygen atoms in total. The summed E-state index contributed by atoms with van der Waals surface area (Å²) < 4.78 is 6.74. The van der Waals surface area contributed by atoms with E-state index in [1.807, 2.05) is 12.1 Å². The highest BCUT2D eigenvalue weighted by Gasteiger charge is 2.18. The molecule has 0 bridgehead atoms. The molecule has 3 aromatic rings. The molecule has 0 saturated heterocycles. The van der Waals surface area contributed by atoms with Gasteiger partial charge in [-0.25, -0.2) is 4.79 Å². The van der Waals surface area contributed by atoms with Crippen LogP contribution in [0.3, 0.4) is 0 Å². The van der Waals surface area contributed by atoms with Crippen LogP contribution in [0.4, 0.5) is 11.4 Å². The van der Waals surface area contributed by atoms with Crippen molar-refractivity contribution in [3.05, 3.63) is 58.6 Å². The molecule has 144 valence electrons. The molecule has 0 radical (unpaired) electrons. The molecule has 4 rings (SSSR count). The van der Waals surface area contributed by atoms with E-state index in [9.17, 15) is 14.4 Å². The SMILES string of the molecule is CN(CCn1c(=O)oc2ccccc21)C(=O)c1ccc2c(c1)NCCC(=O)N2. The average molecular weight is 380 g/mol. The smallest absolute Gasteiger partial charge is 0.408 e. The first-order valence-electron chi connectivity index (χ1n) is 9.04. The van der Waals surface area contributed by atoms with Gasteiger partial charge < -0.3 is 20.0 Å². The highest BCUT2D eigenvalue weighted by molar-refractivity contribution is 6.00. The van der Waals surface area contributed by atoms with Gasteiger partial charge in [0.2, 0.25) is 5.91 Å². The second kappa shape index (κ2) is 7.22. The van der Waals surface area contributed by atoms with Crippen molar-refractivity contribution in [3.8, 4) is 0 Å². The van der Waals surface area contributed by atoms with E-state index in [0.29, 0.717) is 48.4 Å². The second-order valence-corrected chi connectivity index (χ2v) is 6.70. The number of oxazole rings is 1. The van der Waals surface area contributed by atoms with Crippen LogP contribution in [0.5, 0.6) is 0 Å². The molecule has 1 aliphatic heterocycles. The van der Waals surface area contributed by atoms with Gasteiger partial charge in [0.1, 0.15) is 0 Å². The molecule has 2 amide bonds. The number of hydrogen-bond acceptors (Lipinski definition) is 5. The molecular formula is C20H20N4O4. The number of likely N-dealkylation sites (N-methyl/N-ethyl adjacent to an activating group) is 1. The molecule has 8 heteroatoms. The summed E-state index contributed by atoms with van der Waals surface area (Å²) in [7, 11) is 1.69. The number of nitrogens with one attached hydrogen (secondary N) is 2. The summed E-state index contributed by atoms with van der Waals surface area (Å²) in [6.45, 7) is 1.20. The summed E-state index contributed by atoms with van der Waals surface area (Å²) in [5.74, 6) is -0.659. The van der Waals surface area contributed by atoms with E-state index in [4.69, 9.17) is 4.42 Å². The normalized spacial score (nSPS) is 13.4. The molecule has 2 heterocycles. The van der Waals surface area contributed by atoms with Gasteiger partial charge in [-0.2, -0.15) is 0 Å². The number of carbonyl (C=O) groups is 2. The summed E-state index contributed by atoms with van der Waals surface area (Å²) in [6.07, 6.45) is 0.380. The summed E-state index contributed by atoms with van der Waals surface area (Å²) in [5.41, 5.74) is 3.13. The summed E-state index contributed by atoms with van der Waals surface area (Å²) in [4.78, 5) is 38.0. The summed E-state index contributed by atoms with van der Waals surface area (Å²) in [6, 6.07) is 12.3. The fraction of sp³-hybridized carbons (Fsp3) is 0.250. The topological polar surface area (TPSA) is 96.6 Å². The number of aromatic nitrogens is 1. The molecule has 2 N–H and O–H groups in total. The van der Waals surface area contributed by atoms with Crippen LogP contribution < -0.4 is 16.4 Å². The van der Waals surface area contributed by atoms with Gasteiger partial charge in [-0.05, 0) is 30.3 Å². The first-order chi connectivity index (χ1) is 13.5. The number of carbonyl (C=O) groups excluding carboxylic acids is 2. The van der Waals surface area contributed by atoms with Crippen molar-refractivity contribution in [1.82, 2.24) is 9.47 Å². The van der Waals surface area contributed by atoms with Crippen molar-refractivity contribution in [3.63, 3.8) is 0 Å². The number of rotatable bonds is 4. The first-order valence-corrected chi connectivity index (χ1v) is 9.04. The van der Waals surface area contributed by atoms with Gasteiger partial charge in [0.25, 0.3) is 5.91 Å². The largest absolute Gasteiger partial charge is 0.420 e. The molecule has 1 aromatic heterocycles. The molecule has 28 heavy (non-hydrogen) atoms. The maximum Gasteiger partial charge on any atom is 0.420 e. The lowest BCUT2D eigenvalue weighted by molar-refractivity contribution is -0.115. The maximum atomic E-state index is 12.8. The van der Waals surface area contributed by atoms with Crippen LogP contribution in [-0.2, 0) is 11.3 Å². The Balaban J connectivity index is 1.49. The third-order valence-electron chi connectivity index (χ3n) is 4.79. The quantitative estimate of drug-likeness (QED) is 0.723. The predicted molar refractivity (Wildman–Crippen MR) is 106 cm³/mol. The molecule has 0 atom stereocenters. The van der Waals surface area contributed by atoms with E-state index in [0.717, 1.165) is 5.69 Å². The zero-order chi connectivity index (χ0) is 19.7. The van der Waals surface area contributed by atoms with E-state index >= 15 is 0 Å². The Bertz CT molecular complexity index is 1110. The van der Waals surface area contributed by atoms with Crippen molar-refractivity contribution >= 4 is 34.3 Å². The third-order valence-corrected chi connectivity index (χ3v) is 4.79. The van der Waals surface area contributed by atoms with Crippen molar-refractivity contribution < 1.29 is 14.0 Å². The van der Waals surface area contributed by atoms with E-state index in [1.165, 1.54) is 4.57 Å². The van der Waals surface area contributed by atoms with Crippen LogP contribution in [0.1, 0.15) is 16.8 Å². The zero-order valence-electron chi connectivity index (χ0n) is 15.4. The molecular weight excluding hydrogens is 360 g/mol. The monoisotopic (exact) mass is 380 g/mol. The molecule has 1 aliphatic rings. The second-order valence-electron chi connectivity index (χ2n) is 6.70. The number of hydrogen-bond donors (Lipinski definition) is 2. The van der Waals surface area contributed by atoms with E-state index in [2.05, 4.69) is 10.6 Å². The fourth-order valence-electron chi connectivity index (χ4n) is 3.25. The summed E-state index contributed by atoms with van der Waals surface area (Å²) >= 11 is 0. The number of nitrogens with zero attached hydrogens (tertiary/aromatic N) is 2. The highest BCUT2D eigenvalue weighted by atomic mass is 16.4. The lowest BCUT2D eigenvalue weighted by Gasteiger charge is -2.18. The van der Waals surface area contributed by atoms with Crippen LogP contribution in [-0.4, -0.2) is 41.4 Å². The standard InChI is InChI=1S/C20H20N4O4/c1-23(10-11-24-16-4-2-3-5-17(16)28-20(24)27)19(26)13-6-7-14-15(12-13)21-9-8-18(25)22-14/h2-7,12,21H,8-11H2,1H3,(H,22,25). The van der Waals surface area contributed by atoms with Crippen molar-refractivity contribution in [2.24, 2.45) is 0 Å². The van der Waals surface area contributed by atoms with Crippen LogP contribution in [0.2, 0.25) is 0 Å². The third kappa shape index (κ3) is 3.36. The average Bonchev–Trinajstić information content (AvgIpc) is 2.88. The number of anilines is 2. The van der Waals surface area contributed by atoms with Crippen molar-refractivity contribution in [2.45, 2.75) is 13.0 Å². The molecule has 0 spiro atoms. The number of amides is 2. The fourth-order valence-corrected chi connectivity index (χ4v) is 3.25. The van der Waals surface area contributed by atoms with Gasteiger partial charge in [-0.3, -0.25) is 14.2 Å². The minimum absolute atomic E-state index is 0.0553. The number of fused-ring (bicyclic) bond motifs is 2. The van der Waals surface area contributed by atoms with E-state index in [1.54, 1.807) is 42.3 Å². The zero-order valence-corrected chi connectivity index (χ0v) is 15.4. The molecule has 0 fully saturated rings. The Morgan fingerprint density at radius 3 is 2.86 bits per heavy atom. The van der Waals surface area contributed by atoms with Crippen LogP contribution in [0.15, 0.2) is 51.7 Å². The van der Waals surface area contributed by atoms with Gasteiger partial charge >= 0.3 is 5.76 Å². The van der Waals surface area contributed by atoms with Crippen LogP contribution in [0.25, 0.3) is 11.1 Å². The minimum Gasteiger partial charge on any atom is -0.408 e. The Hall–Kier alpha value is -3.55.